The van der Waals surface area contributed by atoms with E-state index in [1.165, 1.54) is 7.05 Å². The van der Waals surface area contributed by atoms with Crippen LogP contribution in [0.4, 0.5) is 35.1 Å². The zero-order valence-corrected chi connectivity index (χ0v) is 20.2. The fraction of sp³-hybridized carbons (Fsp3) is 0.611. The summed E-state index contributed by atoms with van der Waals surface area (Å²) in [4.78, 5) is 5.20. The highest BCUT2D eigenvalue weighted by molar-refractivity contribution is 8.13. The van der Waals surface area contributed by atoms with Gasteiger partial charge in [0.25, 0.3) is 0 Å². The molecule has 0 atom stereocenters. The summed E-state index contributed by atoms with van der Waals surface area (Å²) in [6.45, 7) is 0.0677. The van der Waals surface area contributed by atoms with E-state index in [2.05, 4.69) is 20.1 Å². The SMILES string of the molecule is Cn1nc(C(F)(F)F)c(CSc2c(CSC3=NOC(C)(C)C3)c(C(F)(F)F)nn2C)c1OC(F)F. The summed E-state index contributed by atoms with van der Waals surface area (Å²) in [6.07, 6.45) is -9.48. The first kappa shape index (κ1) is 27.4. The molecule has 0 bridgehead atoms. The number of alkyl halides is 8. The Hall–Kier alpha value is -2.17. The van der Waals surface area contributed by atoms with Crippen LogP contribution in [0.1, 0.15) is 42.8 Å². The highest BCUT2D eigenvalue weighted by atomic mass is 32.2. The lowest BCUT2D eigenvalue weighted by molar-refractivity contribution is -0.142. The van der Waals surface area contributed by atoms with Gasteiger partial charge in [-0.2, -0.15) is 45.3 Å². The van der Waals surface area contributed by atoms with Crippen molar-refractivity contribution in [3.05, 3.63) is 22.5 Å². The summed E-state index contributed by atoms with van der Waals surface area (Å²) in [5.41, 5.74) is -4.31. The lowest BCUT2D eigenvalue weighted by atomic mass is 10.1. The van der Waals surface area contributed by atoms with Crippen LogP contribution in [-0.4, -0.2) is 36.8 Å². The Morgan fingerprint density at radius 2 is 1.49 bits per heavy atom. The third-order valence-electron chi connectivity index (χ3n) is 4.62. The summed E-state index contributed by atoms with van der Waals surface area (Å²) in [5, 5.41) is 10.9. The Balaban J connectivity index is 1.94. The van der Waals surface area contributed by atoms with Gasteiger partial charge in [0.1, 0.15) is 10.6 Å². The largest absolute Gasteiger partial charge is 0.435 e. The van der Waals surface area contributed by atoms with E-state index in [0.29, 0.717) is 27.9 Å². The molecule has 0 amide bonds. The minimum Gasteiger partial charge on any atom is -0.417 e. The summed E-state index contributed by atoms with van der Waals surface area (Å²) >= 11 is 1.55. The van der Waals surface area contributed by atoms with Crippen LogP contribution in [0.3, 0.4) is 0 Å². The molecule has 0 saturated heterocycles. The molecule has 0 aliphatic carbocycles. The second kappa shape index (κ2) is 9.71. The number of aryl methyl sites for hydroxylation is 2. The van der Waals surface area contributed by atoms with Gasteiger partial charge in [0.05, 0.1) is 10.6 Å². The lowest BCUT2D eigenvalue weighted by Crippen LogP contribution is -2.18. The molecule has 3 rings (SSSR count). The van der Waals surface area contributed by atoms with Gasteiger partial charge in [0, 0.05) is 37.6 Å². The molecule has 0 N–H and O–H groups in total. The molecule has 0 saturated carbocycles. The number of rotatable bonds is 7. The maximum absolute atomic E-state index is 13.6. The average Bonchev–Trinajstić information content (AvgIpc) is 3.31. The molecule has 17 heteroatoms. The molecule has 0 aromatic carbocycles. The summed E-state index contributed by atoms with van der Waals surface area (Å²) in [7, 11) is 2.19. The van der Waals surface area contributed by atoms with Gasteiger partial charge in [0.15, 0.2) is 11.4 Å². The fourth-order valence-corrected chi connectivity index (χ4v) is 5.54. The molecule has 196 valence electrons. The van der Waals surface area contributed by atoms with E-state index in [-0.39, 0.29) is 16.3 Å². The normalized spacial score (nSPS) is 16.1. The molecule has 0 fully saturated rings. The van der Waals surface area contributed by atoms with Crippen LogP contribution in [0.15, 0.2) is 10.2 Å². The van der Waals surface area contributed by atoms with Crippen LogP contribution in [0.25, 0.3) is 0 Å². The van der Waals surface area contributed by atoms with E-state index in [1.54, 1.807) is 13.8 Å². The monoisotopic (exact) mass is 553 g/mol. The zero-order valence-electron chi connectivity index (χ0n) is 18.6. The molecular weight excluding hydrogens is 534 g/mol. The minimum atomic E-state index is -5.01. The first-order valence-electron chi connectivity index (χ1n) is 9.71. The van der Waals surface area contributed by atoms with E-state index < -0.39 is 53.1 Å². The van der Waals surface area contributed by atoms with E-state index in [9.17, 15) is 35.1 Å². The summed E-state index contributed by atoms with van der Waals surface area (Å²) in [6, 6.07) is 0. The maximum Gasteiger partial charge on any atom is 0.435 e. The van der Waals surface area contributed by atoms with Gasteiger partial charge in [0.2, 0.25) is 5.88 Å². The van der Waals surface area contributed by atoms with E-state index in [0.717, 1.165) is 23.5 Å². The minimum absolute atomic E-state index is 0.0939. The van der Waals surface area contributed by atoms with E-state index >= 15 is 0 Å². The number of oxime groups is 1. The molecule has 3 heterocycles. The van der Waals surface area contributed by atoms with Gasteiger partial charge in [-0.05, 0) is 13.8 Å². The van der Waals surface area contributed by atoms with E-state index in [4.69, 9.17) is 4.84 Å². The number of ether oxygens (including phenoxy) is 1. The Labute approximate surface area is 202 Å². The zero-order chi connectivity index (χ0) is 26.3. The Bertz CT molecular complexity index is 1110. The van der Waals surface area contributed by atoms with Gasteiger partial charge in [-0.15, -0.1) is 23.5 Å². The summed E-state index contributed by atoms with van der Waals surface area (Å²) < 4.78 is 113. The number of aromatic nitrogens is 4. The maximum atomic E-state index is 13.6. The van der Waals surface area contributed by atoms with Crippen molar-refractivity contribution >= 4 is 28.6 Å². The average molecular weight is 554 g/mol. The van der Waals surface area contributed by atoms with Gasteiger partial charge < -0.3 is 9.57 Å². The van der Waals surface area contributed by atoms with Crippen molar-refractivity contribution in [2.75, 3.05) is 0 Å². The van der Waals surface area contributed by atoms with Crippen LogP contribution in [-0.2, 0) is 42.8 Å². The molecule has 2 aromatic rings. The smallest absolute Gasteiger partial charge is 0.417 e. The quantitative estimate of drug-likeness (QED) is 0.318. The van der Waals surface area contributed by atoms with Crippen LogP contribution in [0.5, 0.6) is 5.88 Å². The highest BCUT2D eigenvalue weighted by Crippen LogP contribution is 2.43. The van der Waals surface area contributed by atoms with Crippen molar-refractivity contribution in [3.63, 3.8) is 0 Å². The fourth-order valence-electron chi connectivity index (χ4n) is 3.21. The first-order chi connectivity index (χ1) is 16.0. The highest BCUT2D eigenvalue weighted by Gasteiger charge is 2.42. The molecule has 1 aliphatic heterocycles. The van der Waals surface area contributed by atoms with Crippen LogP contribution in [0, 0.1) is 0 Å². The second-order valence-corrected chi connectivity index (χ2v) is 9.99. The van der Waals surface area contributed by atoms with Crippen molar-refractivity contribution in [1.82, 2.24) is 19.6 Å². The van der Waals surface area contributed by atoms with Gasteiger partial charge in [-0.1, -0.05) is 5.16 Å². The number of hydrogen-bond acceptors (Lipinski definition) is 7. The Morgan fingerprint density at radius 1 is 0.943 bits per heavy atom. The molecule has 0 radical (unpaired) electrons. The third-order valence-corrected chi connectivity index (χ3v) is 6.82. The second-order valence-electron chi connectivity index (χ2n) is 7.98. The first-order valence-corrected chi connectivity index (χ1v) is 11.7. The van der Waals surface area contributed by atoms with E-state index in [1.807, 2.05) is 0 Å². The van der Waals surface area contributed by atoms with Gasteiger partial charge >= 0.3 is 19.0 Å². The van der Waals surface area contributed by atoms with Gasteiger partial charge in [-0.3, -0.25) is 4.68 Å². The van der Waals surface area contributed by atoms with Crippen LogP contribution >= 0.6 is 23.5 Å². The lowest BCUT2D eigenvalue weighted by Gasteiger charge is -2.13. The molecule has 0 unspecified atom stereocenters. The van der Waals surface area contributed by atoms with Crippen molar-refractivity contribution in [2.24, 2.45) is 19.3 Å². The predicted molar refractivity (Wildman–Crippen MR) is 111 cm³/mol. The Kier molecular flexibility index (Phi) is 7.60. The summed E-state index contributed by atoms with van der Waals surface area (Å²) in [5.74, 6) is -1.74. The third kappa shape index (κ3) is 6.34. The molecule has 7 nitrogen and oxygen atoms in total. The molecule has 0 spiro atoms. The van der Waals surface area contributed by atoms with Crippen LogP contribution < -0.4 is 4.74 Å². The Morgan fingerprint density at radius 3 is 2.00 bits per heavy atom. The van der Waals surface area contributed by atoms with Gasteiger partial charge in [-0.25, -0.2) is 4.68 Å². The number of nitrogens with zero attached hydrogens (tertiary/aromatic N) is 5. The molecule has 2 aromatic heterocycles. The van der Waals surface area contributed by atoms with Crippen molar-refractivity contribution in [3.8, 4) is 5.88 Å². The predicted octanol–water partition coefficient (Wildman–Crippen LogP) is 5.83. The molecular formula is C18H19F8N5O2S2. The molecule has 1 aliphatic rings. The van der Waals surface area contributed by atoms with Crippen LogP contribution in [0.2, 0.25) is 0 Å². The molecule has 35 heavy (non-hydrogen) atoms. The van der Waals surface area contributed by atoms with Crippen molar-refractivity contribution in [2.45, 2.75) is 61.4 Å². The number of halogens is 8. The standard InChI is InChI=1S/C18H19F8N5O2S2/c1-16(2)5-10(29-33-16)34-7-9-12(18(24,25)26)28-31(4)14(9)35-6-8-11(17(21,22)23)27-30(3)13(8)32-15(19)20/h15H,5-7H2,1-4H3. The van der Waals surface area contributed by atoms with Crippen molar-refractivity contribution in [1.29, 1.82) is 0 Å². The number of hydrogen-bond donors (Lipinski definition) is 0. The van der Waals surface area contributed by atoms with Crippen molar-refractivity contribution < 1.29 is 44.7 Å². The topological polar surface area (TPSA) is 66.5 Å². The number of thioether (sulfide) groups is 2.